The number of fused-ring (bicyclic) bond motifs is 1. The Morgan fingerprint density at radius 2 is 2.05 bits per heavy atom. The lowest BCUT2D eigenvalue weighted by Gasteiger charge is -2.29. The zero-order chi connectivity index (χ0) is 13.6. The number of nitrogens with two attached hydrogens (primary N) is 1. The van der Waals surface area contributed by atoms with Crippen molar-refractivity contribution in [3.63, 3.8) is 0 Å². The van der Waals surface area contributed by atoms with Gasteiger partial charge in [-0.15, -0.1) is 0 Å². The number of nitrogens with zero attached hydrogens (tertiary/aromatic N) is 2. The van der Waals surface area contributed by atoms with E-state index in [1.54, 1.807) is 6.92 Å². The highest BCUT2D eigenvalue weighted by molar-refractivity contribution is 5.80. The fraction of sp³-hybridized carbons (Fsp3) is 0.533. The van der Waals surface area contributed by atoms with Crippen molar-refractivity contribution in [2.75, 3.05) is 5.73 Å². The minimum atomic E-state index is -0.564. The Labute approximate surface area is 113 Å². The van der Waals surface area contributed by atoms with E-state index in [1.807, 2.05) is 18.2 Å². The van der Waals surface area contributed by atoms with Crippen LogP contribution in [0.15, 0.2) is 18.2 Å². The lowest BCUT2D eigenvalue weighted by Crippen LogP contribution is -2.28. The second-order valence-corrected chi connectivity index (χ2v) is 5.93. The standard InChI is InChI=1S/C15H21N3O/c1-10(19)14-17-12-9-11(16)5-6-13(12)18(14)15(2)7-3-4-8-15/h5-6,9-10,19H,3-4,7-8,16H2,1-2H3. The molecule has 3 rings (SSSR count). The summed E-state index contributed by atoms with van der Waals surface area (Å²) in [6.45, 7) is 4.04. The van der Waals surface area contributed by atoms with Crippen LogP contribution >= 0.6 is 0 Å². The Hall–Kier alpha value is -1.55. The minimum absolute atomic E-state index is 0.0667. The molecule has 0 radical (unpaired) electrons. The number of hydrogen-bond acceptors (Lipinski definition) is 3. The molecule has 19 heavy (non-hydrogen) atoms. The Morgan fingerprint density at radius 3 is 2.68 bits per heavy atom. The molecule has 0 amide bonds. The highest BCUT2D eigenvalue weighted by atomic mass is 16.3. The van der Waals surface area contributed by atoms with E-state index in [2.05, 4.69) is 16.5 Å². The Morgan fingerprint density at radius 1 is 1.37 bits per heavy atom. The summed E-state index contributed by atoms with van der Waals surface area (Å²) in [5.74, 6) is 0.755. The van der Waals surface area contributed by atoms with Crippen molar-refractivity contribution in [2.45, 2.75) is 51.2 Å². The molecule has 102 valence electrons. The molecule has 1 heterocycles. The van der Waals surface area contributed by atoms with Crippen LogP contribution in [0.3, 0.4) is 0 Å². The van der Waals surface area contributed by atoms with E-state index in [4.69, 9.17) is 5.73 Å². The molecule has 4 nitrogen and oxygen atoms in total. The number of benzene rings is 1. The van der Waals surface area contributed by atoms with Gasteiger partial charge in [-0.2, -0.15) is 0 Å². The Kier molecular flexibility index (Phi) is 2.78. The van der Waals surface area contributed by atoms with Gasteiger partial charge in [-0.3, -0.25) is 0 Å². The Bertz CT molecular complexity index is 609. The van der Waals surface area contributed by atoms with Crippen molar-refractivity contribution >= 4 is 16.7 Å². The second kappa shape index (κ2) is 4.23. The van der Waals surface area contributed by atoms with Gasteiger partial charge in [-0.05, 0) is 44.9 Å². The molecular formula is C15H21N3O. The van der Waals surface area contributed by atoms with Crippen LogP contribution in [0.1, 0.15) is 51.5 Å². The number of aliphatic hydroxyl groups excluding tert-OH is 1. The van der Waals surface area contributed by atoms with Crippen molar-refractivity contribution in [2.24, 2.45) is 0 Å². The smallest absolute Gasteiger partial charge is 0.139 e. The first-order chi connectivity index (χ1) is 9.01. The van der Waals surface area contributed by atoms with E-state index in [-0.39, 0.29) is 5.54 Å². The minimum Gasteiger partial charge on any atom is -0.399 e. The van der Waals surface area contributed by atoms with Crippen molar-refractivity contribution in [1.82, 2.24) is 9.55 Å². The summed E-state index contributed by atoms with van der Waals surface area (Å²) in [6, 6.07) is 5.81. The highest BCUT2D eigenvalue weighted by Crippen LogP contribution is 2.40. The topological polar surface area (TPSA) is 64.1 Å². The van der Waals surface area contributed by atoms with E-state index >= 15 is 0 Å². The molecule has 1 atom stereocenters. The van der Waals surface area contributed by atoms with Crippen LogP contribution in [-0.4, -0.2) is 14.7 Å². The largest absolute Gasteiger partial charge is 0.399 e. The summed E-state index contributed by atoms with van der Waals surface area (Å²) in [4.78, 5) is 4.60. The molecule has 1 aromatic heterocycles. The molecular weight excluding hydrogens is 238 g/mol. The average Bonchev–Trinajstić information content (AvgIpc) is 2.93. The Balaban J connectivity index is 2.28. The number of aliphatic hydroxyl groups is 1. The average molecular weight is 259 g/mol. The summed E-state index contributed by atoms with van der Waals surface area (Å²) in [5.41, 5.74) is 8.57. The molecule has 1 unspecified atom stereocenters. The molecule has 1 saturated carbocycles. The van der Waals surface area contributed by atoms with E-state index in [9.17, 15) is 5.11 Å². The predicted molar refractivity (Wildman–Crippen MR) is 76.9 cm³/mol. The normalized spacial score (nSPS) is 19.9. The van der Waals surface area contributed by atoms with Crippen LogP contribution in [0.25, 0.3) is 11.0 Å². The second-order valence-electron chi connectivity index (χ2n) is 5.93. The lowest BCUT2D eigenvalue weighted by atomic mass is 9.99. The maximum Gasteiger partial charge on any atom is 0.139 e. The SMILES string of the molecule is CC(O)c1nc2cc(N)ccc2n1C1(C)CCCC1. The van der Waals surface area contributed by atoms with Crippen LogP contribution in [0.4, 0.5) is 5.69 Å². The summed E-state index contributed by atoms with van der Waals surface area (Å²) in [6.07, 6.45) is 4.20. The van der Waals surface area contributed by atoms with Crippen LogP contribution < -0.4 is 5.73 Å². The molecule has 0 saturated heterocycles. The number of aromatic nitrogens is 2. The molecule has 2 aromatic rings. The number of rotatable bonds is 2. The molecule has 0 aliphatic heterocycles. The third kappa shape index (κ3) is 1.91. The zero-order valence-corrected chi connectivity index (χ0v) is 11.6. The maximum atomic E-state index is 10.0. The number of nitrogen functional groups attached to an aromatic ring is 1. The third-order valence-corrected chi connectivity index (χ3v) is 4.30. The third-order valence-electron chi connectivity index (χ3n) is 4.30. The molecule has 1 aliphatic carbocycles. The van der Waals surface area contributed by atoms with E-state index < -0.39 is 6.10 Å². The number of hydrogen-bond donors (Lipinski definition) is 2. The summed E-state index contributed by atoms with van der Waals surface area (Å²) in [7, 11) is 0. The van der Waals surface area contributed by atoms with Gasteiger partial charge in [-0.1, -0.05) is 12.8 Å². The fourth-order valence-corrected chi connectivity index (χ4v) is 3.32. The van der Waals surface area contributed by atoms with Crippen molar-refractivity contribution in [3.05, 3.63) is 24.0 Å². The van der Waals surface area contributed by atoms with Crippen LogP contribution in [0.5, 0.6) is 0 Å². The van der Waals surface area contributed by atoms with Crippen molar-refractivity contribution < 1.29 is 5.11 Å². The van der Waals surface area contributed by atoms with Gasteiger partial charge in [-0.25, -0.2) is 4.98 Å². The monoisotopic (exact) mass is 259 g/mol. The molecule has 3 N–H and O–H groups in total. The van der Waals surface area contributed by atoms with Gasteiger partial charge in [0.2, 0.25) is 0 Å². The first-order valence-electron chi connectivity index (χ1n) is 6.98. The first kappa shape index (κ1) is 12.5. The number of anilines is 1. The first-order valence-corrected chi connectivity index (χ1v) is 6.98. The van der Waals surface area contributed by atoms with Crippen molar-refractivity contribution in [1.29, 1.82) is 0 Å². The quantitative estimate of drug-likeness (QED) is 0.815. The molecule has 1 aliphatic rings. The van der Waals surface area contributed by atoms with Crippen LogP contribution in [0.2, 0.25) is 0 Å². The van der Waals surface area contributed by atoms with Crippen LogP contribution in [0, 0.1) is 0 Å². The van der Waals surface area contributed by atoms with E-state index in [0.717, 1.165) is 29.7 Å². The van der Waals surface area contributed by atoms with Gasteiger partial charge in [0.15, 0.2) is 0 Å². The van der Waals surface area contributed by atoms with Crippen LogP contribution in [-0.2, 0) is 5.54 Å². The summed E-state index contributed by atoms with van der Waals surface area (Å²) < 4.78 is 2.24. The molecule has 1 fully saturated rings. The van der Waals surface area contributed by atoms with Gasteiger partial charge in [0.1, 0.15) is 11.9 Å². The molecule has 4 heteroatoms. The molecule has 1 aromatic carbocycles. The van der Waals surface area contributed by atoms with E-state index in [0.29, 0.717) is 5.69 Å². The fourth-order valence-electron chi connectivity index (χ4n) is 3.32. The van der Waals surface area contributed by atoms with Gasteiger partial charge in [0, 0.05) is 11.2 Å². The summed E-state index contributed by atoms with van der Waals surface area (Å²) >= 11 is 0. The van der Waals surface area contributed by atoms with E-state index in [1.165, 1.54) is 12.8 Å². The zero-order valence-electron chi connectivity index (χ0n) is 11.6. The van der Waals surface area contributed by atoms with Gasteiger partial charge >= 0.3 is 0 Å². The van der Waals surface area contributed by atoms with Gasteiger partial charge in [0.05, 0.1) is 11.0 Å². The lowest BCUT2D eigenvalue weighted by molar-refractivity contribution is 0.172. The predicted octanol–water partition coefficient (Wildman–Crippen LogP) is 2.96. The highest BCUT2D eigenvalue weighted by Gasteiger charge is 2.34. The van der Waals surface area contributed by atoms with Gasteiger partial charge in [0.25, 0.3) is 0 Å². The van der Waals surface area contributed by atoms with Crippen molar-refractivity contribution in [3.8, 4) is 0 Å². The number of imidazole rings is 1. The maximum absolute atomic E-state index is 10.0. The molecule has 0 spiro atoms. The molecule has 0 bridgehead atoms. The van der Waals surface area contributed by atoms with Gasteiger partial charge < -0.3 is 15.4 Å². The summed E-state index contributed by atoms with van der Waals surface area (Å²) in [5, 5.41) is 10.0.